The van der Waals surface area contributed by atoms with Crippen LogP contribution in [0.1, 0.15) is 71.3 Å². The van der Waals surface area contributed by atoms with Crippen LogP contribution in [-0.2, 0) is 17.6 Å². The molecule has 0 saturated heterocycles. The molecule has 1 fully saturated rings. The summed E-state index contributed by atoms with van der Waals surface area (Å²) in [5.74, 6) is -0.244. The Morgan fingerprint density at radius 1 is 1.08 bits per heavy atom. The van der Waals surface area contributed by atoms with Gasteiger partial charge in [0.05, 0.1) is 0 Å². The van der Waals surface area contributed by atoms with E-state index in [1.807, 2.05) is 6.92 Å². The van der Waals surface area contributed by atoms with Crippen LogP contribution in [0.5, 0.6) is 0 Å². The van der Waals surface area contributed by atoms with Gasteiger partial charge in [0.15, 0.2) is 0 Å². The molecule has 0 unspecified atom stereocenters. The highest BCUT2D eigenvalue weighted by Gasteiger charge is 2.26. The Balaban J connectivity index is 1.67. The second-order valence-electron chi connectivity index (χ2n) is 7.63. The third kappa shape index (κ3) is 3.39. The fourth-order valence-corrected chi connectivity index (χ4v) is 5.34. The minimum absolute atomic E-state index is 0.0484. The van der Waals surface area contributed by atoms with Crippen molar-refractivity contribution in [3.8, 4) is 11.1 Å². The van der Waals surface area contributed by atoms with Crippen LogP contribution in [0, 0.1) is 6.92 Å². The van der Waals surface area contributed by atoms with E-state index in [9.17, 15) is 4.79 Å². The second kappa shape index (κ2) is 7.43. The van der Waals surface area contributed by atoms with Gasteiger partial charge in [-0.05, 0) is 75.0 Å². The van der Waals surface area contributed by atoms with Gasteiger partial charge in [0.2, 0.25) is 0 Å². The number of benzene rings is 1. The number of thiophene rings is 1. The molecule has 2 aliphatic carbocycles. The van der Waals surface area contributed by atoms with Crippen molar-refractivity contribution in [2.75, 3.05) is 5.73 Å². The summed E-state index contributed by atoms with van der Waals surface area (Å²) in [4.78, 5) is 14.0. The molecule has 1 heterocycles. The number of fused-ring (bicyclic) bond motifs is 1. The summed E-state index contributed by atoms with van der Waals surface area (Å²) in [6.45, 7) is 2.05. The van der Waals surface area contributed by atoms with Crippen molar-refractivity contribution in [1.82, 2.24) is 0 Å². The van der Waals surface area contributed by atoms with E-state index in [-0.39, 0.29) is 12.1 Å². The number of ether oxygens (including phenoxy) is 1. The maximum atomic E-state index is 12.9. The molecule has 0 amide bonds. The van der Waals surface area contributed by atoms with Gasteiger partial charge in [-0.25, -0.2) is 4.79 Å². The van der Waals surface area contributed by atoms with Gasteiger partial charge < -0.3 is 10.5 Å². The Bertz CT molecular complexity index is 818. The van der Waals surface area contributed by atoms with Crippen molar-refractivity contribution in [3.05, 3.63) is 39.8 Å². The number of rotatable bonds is 3. The molecule has 138 valence electrons. The first kappa shape index (κ1) is 17.6. The lowest BCUT2D eigenvalue weighted by atomic mass is 9.88. The summed E-state index contributed by atoms with van der Waals surface area (Å²) in [6.07, 6.45) is 10.3. The largest absolute Gasteiger partial charge is 0.459 e. The molecular weight excluding hydrogens is 342 g/mol. The number of nitrogen functional groups attached to an aromatic ring is 1. The molecule has 0 atom stereocenters. The summed E-state index contributed by atoms with van der Waals surface area (Å²) >= 11 is 1.50. The minimum atomic E-state index is -0.244. The highest BCUT2D eigenvalue weighted by Crippen LogP contribution is 2.40. The van der Waals surface area contributed by atoms with Crippen LogP contribution in [0.15, 0.2) is 18.2 Å². The first-order valence-electron chi connectivity index (χ1n) is 9.85. The minimum Gasteiger partial charge on any atom is -0.459 e. The Hall–Kier alpha value is -1.81. The smallest absolute Gasteiger partial charge is 0.342 e. The number of aryl methyl sites for hydroxylation is 3. The molecule has 1 aromatic carbocycles. The molecule has 4 rings (SSSR count). The average Bonchev–Trinajstić information content (AvgIpc) is 2.96. The topological polar surface area (TPSA) is 52.3 Å². The van der Waals surface area contributed by atoms with Gasteiger partial charge in [-0.1, -0.05) is 24.6 Å². The van der Waals surface area contributed by atoms with Crippen LogP contribution < -0.4 is 5.73 Å². The van der Waals surface area contributed by atoms with E-state index in [0.717, 1.165) is 54.5 Å². The maximum absolute atomic E-state index is 12.9. The van der Waals surface area contributed by atoms with Crippen molar-refractivity contribution in [2.24, 2.45) is 0 Å². The molecule has 0 radical (unpaired) electrons. The molecule has 2 aliphatic rings. The number of nitrogens with two attached hydrogens (primary N) is 1. The Labute approximate surface area is 159 Å². The zero-order chi connectivity index (χ0) is 18.1. The zero-order valence-corrected chi connectivity index (χ0v) is 16.3. The molecule has 1 saturated carbocycles. The summed E-state index contributed by atoms with van der Waals surface area (Å²) < 4.78 is 5.83. The summed E-state index contributed by atoms with van der Waals surface area (Å²) in [7, 11) is 0. The Kier molecular flexibility index (Phi) is 5.03. The normalized spacial score (nSPS) is 17.7. The monoisotopic (exact) mass is 369 g/mol. The van der Waals surface area contributed by atoms with Crippen LogP contribution in [0.25, 0.3) is 11.1 Å². The highest BCUT2D eigenvalue weighted by molar-refractivity contribution is 7.16. The van der Waals surface area contributed by atoms with Crippen LogP contribution in [0.4, 0.5) is 5.00 Å². The molecule has 0 bridgehead atoms. The van der Waals surface area contributed by atoms with Crippen molar-refractivity contribution in [2.45, 2.75) is 70.8 Å². The van der Waals surface area contributed by atoms with Gasteiger partial charge in [-0.15, -0.1) is 11.3 Å². The van der Waals surface area contributed by atoms with Crippen molar-refractivity contribution in [3.63, 3.8) is 0 Å². The third-order valence-corrected chi connectivity index (χ3v) is 6.71. The van der Waals surface area contributed by atoms with E-state index >= 15 is 0 Å². The molecule has 4 heteroatoms. The molecule has 1 aromatic heterocycles. The molecule has 3 nitrogen and oxygen atoms in total. The average molecular weight is 370 g/mol. The Morgan fingerprint density at radius 3 is 2.58 bits per heavy atom. The van der Waals surface area contributed by atoms with E-state index in [0.29, 0.717) is 10.6 Å². The standard InChI is InChI=1S/C22H27NO2S/c1-14-19(17-12-11-15-7-5-6-8-16(15)13-17)20(21(23)26-14)22(24)25-18-9-3-2-4-10-18/h11-13,18H,2-10,23H2,1H3. The van der Waals surface area contributed by atoms with Crippen LogP contribution in [0.3, 0.4) is 0 Å². The Morgan fingerprint density at radius 2 is 1.81 bits per heavy atom. The molecule has 2 aromatic rings. The second-order valence-corrected chi connectivity index (χ2v) is 8.88. The predicted octanol–water partition coefficient (Wildman–Crippen LogP) is 5.67. The number of hydrogen-bond acceptors (Lipinski definition) is 4. The predicted molar refractivity (Wildman–Crippen MR) is 108 cm³/mol. The number of hydrogen-bond donors (Lipinski definition) is 1. The fraction of sp³-hybridized carbons (Fsp3) is 0.500. The van der Waals surface area contributed by atoms with Gasteiger partial charge >= 0.3 is 5.97 Å². The number of esters is 1. The quantitative estimate of drug-likeness (QED) is 0.709. The lowest BCUT2D eigenvalue weighted by Crippen LogP contribution is -2.21. The first-order valence-corrected chi connectivity index (χ1v) is 10.7. The number of carbonyl (C=O) groups excluding carboxylic acids is 1. The first-order chi connectivity index (χ1) is 12.6. The molecule has 2 N–H and O–H groups in total. The van der Waals surface area contributed by atoms with Crippen LogP contribution in [0.2, 0.25) is 0 Å². The van der Waals surface area contributed by atoms with Crippen molar-refractivity contribution in [1.29, 1.82) is 0 Å². The number of carbonyl (C=O) groups is 1. The van der Waals surface area contributed by atoms with Gasteiger partial charge in [0, 0.05) is 10.4 Å². The highest BCUT2D eigenvalue weighted by atomic mass is 32.1. The fourth-order valence-electron chi connectivity index (χ4n) is 4.40. The molecule has 26 heavy (non-hydrogen) atoms. The number of anilines is 1. The lowest BCUT2D eigenvalue weighted by Gasteiger charge is -2.22. The zero-order valence-electron chi connectivity index (χ0n) is 15.5. The van der Waals surface area contributed by atoms with Crippen molar-refractivity contribution < 1.29 is 9.53 Å². The lowest BCUT2D eigenvalue weighted by molar-refractivity contribution is 0.0213. The van der Waals surface area contributed by atoms with E-state index in [1.54, 1.807) is 0 Å². The molecule has 0 aliphatic heterocycles. The molecule has 0 spiro atoms. The summed E-state index contributed by atoms with van der Waals surface area (Å²) in [6, 6.07) is 6.64. The van der Waals surface area contributed by atoms with Gasteiger partial charge in [-0.2, -0.15) is 0 Å². The van der Waals surface area contributed by atoms with E-state index in [1.165, 1.54) is 41.7 Å². The van der Waals surface area contributed by atoms with E-state index in [4.69, 9.17) is 10.5 Å². The molecular formula is C22H27NO2S. The van der Waals surface area contributed by atoms with Gasteiger partial charge in [-0.3, -0.25) is 0 Å². The van der Waals surface area contributed by atoms with Crippen molar-refractivity contribution >= 4 is 22.3 Å². The SMILES string of the molecule is Cc1sc(N)c(C(=O)OC2CCCCC2)c1-c1ccc2c(c1)CCCC2. The summed E-state index contributed by atoms with van der Waals surface area (Å²) in [5.41, 5.74) is 11.8. The van der Waals surface area contributed by atoms with Gasteiger partial charge in [0.25, 0.3) is 0 Å². The van der Waals surface area contributed by atoms with Gasteiger partial charge in [0.1, 0.15) is 16.7 Å². The van der Waals surface area contributed by atoms with Crippen LogP contribution in [-0.4, -0.2) is 12.1 Å². The van der Waals surface area contributed by atoms with Crippen LogP contribution >= 0.6 is 11.3 Å². The van der Waals surface area contributed by atoms with E-state index in [2.05, 4.69) is 18.2 Å². The third-order valence-electron chi connectivity index (χ3n) is 5.78. The maximum Gasteiger partial charge on any atom is 0.342 e. The summed E-state index contributed by atoms with van der Waals surface area (Å²) in [5, 5.41) is 0.580. The van der Waals surface area contributed by atoms with E-state index < -0.39 is 0 Å².